The first-order valence-electron chi connectivity index (χ1n) is 5.69. The number of amides is 3. The number of ether oxygens (including phenoxy) is 1. The molecule has 0 bridgehead atoms. The van der Waals surface area contributed by atoms with Gasteiger partial charge < -0.3 is 21.5 Å². The standard InChI is InChI=1S/C11H21N3O4/c1-11(2,3)18-10(17)14-7(9(13)16)5-4-6-8(12)15/h7H,4-6H2,1-3H3,(H2,12,15)(H2,13,16)(H,14,17). The van der Waals surface area contributed by atoms with Crippen molar-refractivity contribution in [2.75, 3.05) is 0 Å². The van der Waals surface area contributed by atoms with E-state index in [0.29, 0.717) is 6.42 Å². The summed E-state index contributed by atoms with van der Waals surface area (Å²) < 4.78 is 5.00. The van der Waals surface area contributed by atoms with Gasteiger partial charge in [-0.2, -0.15) is 0 Å². The molecule has 0 spiro atoms. The van der Waals surface area contributed by atoms with Gasteiger partial charge in [0.05, 0.1) is 0 Å². The molecule has 1 atom stereocenters. The molecule has 1 unspecified atom stereocenters. The molecular weight excluding hydrogens is 238 g/mol. The van der Waals surface area contributed by atoms with E-state index in [4.69, 9.17) is 16.2 Å². The summed E-state index contributed by atoms with van der Waals surface area (Å²) in [5.74, 6) is -1.14. The van der Waals surface area contributed by atoms with E-state index in [1.807, 2.05) is 0 Å². The number of carbonyl (C=O) groups excluding carboxylic acids is 3. The summed E-state index contributed by atoms with van der Waals surface area (Å²) in [6.07, 6.45) is 0.0427. The Bertz CT molecular complexity index is 323. The van der Waals surface area contributed by atoms with Crippen molar-refractivity contribution in [2.24, 2.45) is 11.5 Å². The number of carbonyl (C=O) groups is 3. The first kappa shape index (κ1) is 16.2. The van der Waals surface area contributed by atoms with Gasteiger partial charge in [-0.15, -0.1) is 0 Å². The number of hydrogen-bond donors (Lipinski definition) is 3. The van der Waals surface area contributed by atoms with Crippen LogP contribution in [0.3, 0.4) is 0 Å². The molecule has 0 radical (unpaired) electrons. The number of rotatable bonds is 6. The largest absolute Gasteiger partial charge is 0.444 e. The quantitative estimate of drug-likeness (QED) is 0.621. The molecule has 0 aliphatic carbocycles. The van der Waals surface area contributed by atoms with Gasteiger partial charge in [-0.3, -0.25) is 9.59 Å². The molecule has 0 aromatic carbocycles. The molecule has 0 saturated heterocycles. The fourth-order valence-corrected chi connectivity index (χ4v) is 1.22. The molecule has 0 fully saturated rings. The van der Waals surface area contributed by atoms with Gasteiger partial charge in [0.1, 0.15) is 11.6 Å². The van der Waals surface area contributed by atoms with Gasteiger partial charge in [-0.05, 0) is 33.6 Å². The van der Waals surface area contributed by atoms with Crippen molar-refractivity contribution >= 4 is 17.9 Å². The number of alkyl carbamates (subject to hydrolysis) is 1. The third kappa shape index (κ3) is 8.37. The smallest absolute Gasteiger partial charge is 0.408 e. The maximum atomic E-state index is 11.4. The Morgan fingerprint density at radius 1 is 1.22 bits per heavy atom. The lowest BCUT2D eigenvalue weighted by molar-refractivity contribution is -0.121. The van der Waals surface area contributed by atoms with E-state index >= 15 is 0 Å². The zero-order valence-electron chi connectivity index (χ0n) is 11.0. The highest BCUT2D eigenvalue weighted by molar-refractivity contribution is 5.84. The van der Waals surface area contributed by atoms with Crippen LogP contribution in [0.25, 0.3) is 0 Å². The van der Waals surface area contributed by atoms with Crippen LogP contribution < -0.4 is 16.8 Å². The lowest BCUT2D eigenvalue weighted by Gasteiger charge is -2.22. The molecule has 5 N–H and O–H groups in total. The molecule has 0 aromatic heterocycles. The minimum atomic E-state index is -0.862. The van der Waals surface area contributed by atoms with Crippen molar-refractivity contribution < 1.29 is 19.1 Å². The average Bonchev–Trinajstić information content (AvgIpc) is 2.12. The third-order valence-corrected chi connectivity index (χ3v) is 1.95. The second kappa shape index (κ2) is 6.83. The van der Waals surface area contributed by atoms with Crippen LogP contribution in [0.1, 0.15) is 40.0 Å². The minimum Gasteiger partial charge on any atom is -0.444 e. The van der Waals surface area contributed by atoms with E-state index in [1.165, 1.54) is 0 Å². The fraction of sp³-hybridized carbons (Fsp3) is 0.727. The Labute approximate surface area is 106 Å². The zero-order chi connectivity index (χ0) is 14.3. The summed E-state index contributed by atoms with van der Waals surface area (Å²) in [5.41, 5.74) is 9.46. The number of nitrogens with two attached hydrogens (primary N) is 2. The summed E-state index contributed by atoms with van der Waals surface area (Å²) in [4.78, 5) is 33.1. The molecule has 3 amide bonds. The normalized spacial score (nSPS) is 12.6. The Morgan fingerprint density at radius 3 is 2.17 bits per heavy atom. The fourth-order valence-electron chi connectivity index (χ4n) is 1.22. The Kier molecular flexibility index (Phi) is 6.15. The molecule has 18 heavy (non-hydrogen) atoms. The molecule has 7 heteroatoms. The minimum absolute atomic E-state index is 0.139. The Hall–Kier alpha value is -1.79. The molecule has 7 nitrogen and oxygen atoms in total. The average molecular weight is 259 g/mol. The summed E-state index contributed by atoms with van der Waals surface area (Å²) >= 11 is 0. The molecular formula is C11H21N3O4. The third-order valence-electron chi connectivity index (χ3n) is 1.95. The lowest BCUT2D eigenvalue weighted by atomic mass is 10.1. The Morgan fingerprint density at radius 2 is 1.78 bits per heavy atom. The lowest BCUT2D eigenvalue weighted by Crippen LogP contribution is -2.46. The van der Waals surface area contributed by atoms with Crippen LogP contribution in [0, 0.1) is 0 Å². The van der Waals surface area contributed by atoms with Crippen LogP contribution in [-0.2, 0) is 14.3 Å². The van der Waals surface area contributed by atoms with Gasteiger partial charge in [0.15, 0.2) is 0 Å². The van der Waals surface area contributed by atoms with Crippen LogP contribution >= 0.6 is 0 Å². The van der Waals surface area contributed by atoms with E-state index in [1.54, 1.807) is 20.8 Å². The molecule has 0 aromatic rings. The van der Waals surface area contributed by atoms with Crippen molar-refractivity contribution in [3.05, 3.63) is 0 Å². The number of hydrogen-bond acceptors (Lipinski definition) is 4. The molecule has 0 heterocycles. The van der Waals surface area contributed by atoms with Gasteiger partial charge >= 0.3 is 6.09 Å². The van der Waals surface area contributed by atoms with E-state index in [9.17, 15) is 14.4 Å². The van der Waals surface area contributed by atoms with Crippen LogP contribution in [0.5, 0.6) is 0 Å². The predicted molar refractivity (Wildman–Crippen MR) is 65.4 cm³/mol. The van der Waals surface area contributed by atoms with Crippen LogP contribution in [0.2, 0.25) is 0 Å². The highest BCUT2D eigenvalue weighted by Crippen LogP contribution is 2.08. The van der Waals surface area contributed by atoms with Crippen molar-refractivity contribution in [3.63, 3.8) is 0 Å². The highest BCUT2D eigenvalue weighted by Gasteiger charge is 2.22. The number of nitrogens with one attached hydrogen (secondary N) is 1. The van der Waals surface area contributed by atoms with Crippen molar-refractivity contribution in [1.82, 2.24) is 5.32 Å². The molecule has 0 aliphatic heterocycles. The van der Waals surface area contributed by atoms with Gasteiger partial charge in [0.2, 0.25) is 11.8 Å². The summed E-state index contributed by atoms with van der Waals surface area (Å²) in [7, 11) is 0. The SMILES string of the molecule is CC(C)(C)OC(=O)NC(CCCC(N)=O)C(N)=O. The van der Waals surface area contributed by atoms with E-state index in [-0.39, 0.29) is 12.8 Å². The maximum Gasteiger partial charge on any atom is 0.408 e. The molecule has 104 valence electrons. The van der Waals surface area contributed by atoms with Crippen molar-refractivity contribution in [2.45, 2.75) is 51.7 Å². The molecule has 0 rings (SSSR count). The van der Waals surface area contributed by atoms with Crippen LogP contribution in [0.15, 0.2) is 0 Å². The van der Waals surface area contributed by atoms with E-state index < -0.39 is 29.6 Å². The van der Waals surface area contributed by atoms with Crippen molar-refractivity contribution in [1.29, 1.82) is 0 Å². The summed E-state index contributed by atoms with van der Waals surface area (Å²) in [6, 6.07) is -0.862. The topological polar surface area (TPSA) is 125 Å². The van der Waals surface area contributed by atoms with Crippen LogP contribution in [-0.4, -0.2) is 29.6 Å². The van der Waals surface area contributed by atoms with Gasteiger partial charge in [0, 0.05) is 6.42 Å². The number of primary amides is 2. The van der Waals surface area contributed by atoms with E-state index in [0.717, 1.165) is 0 Å². The monoisotopic (exact) mass is 259 g/mol. The second-order valence-corrected chi connectivity index (χ2v) is 4.96. The summed E-state index contributed by atoms with van der Waals surface area (Å²) in [5, 5.41) is 2.36. The first-order chi connectivity index (χ1) is 8.11. The predicted octanol–water partition coefficient (Wildman–Crippen LogP) is 0.0206. The maximum absolute atomic E-state index is 11.4. The van der Waals surface area contributed by atoms with Gasteiger partial charge in [-0.25, -0.2) is 4.79 Å². The van der Waals surface area contributed by atoms with Gasteiger partial charge in [0.25, 0.3) is 0 Å². The van der Waals surface area contributed by atoms with Crippen molar-refractivity contribution in [3.8, 4) is 0 Å². The zero-order valence-corrected chi connectivity index (χ0v) is 11.0. The van der Waals surface area contributed by atoms with Crippen LogP contribution in [0.4, 0.5) is 4.79 Å². The van der Waals surface area contributed by atoms with Gasteiger partial charge in [-0.1, -0.05) is 0 Å². The summed E-state index contributed by atoms with van der Waals surface area (Å²) in [6.45, 7) is 5.12. The molecule has 0 saturated carbocycles. The second-order valence-electron chi connectivity index (χ2n) is 4.96. The Balaban J connectivity index is 4.23. The first-order valence-corrected chi connectivity index (χ1v) is 5.69. The van der Waals surface area contributed by atoms with E-state index in [2.05, 4.69) is 5.32 Å². The highest BCUT2D eigenvalue weighted by atomic mass is 16.6. The molecule has 0 aliphatic rings.